The summed E-state index contributed by atoms with van der Waals surface area (Å²) in [4.78, 5) is 19.3. The molecule has 1 amide bonds. The molecule has 0 bridgehead atoms. The maximum Gasteiger partial charge on any atom is 0.275 e. The molecule has 3 heterocycles. The molecule has 0 spiro atoms. The third kappa shape index (κ3) is 2.38. The van der Waals surface area contributed by atoms with Gasteiger partial charge in [-0.2, -0.15) is 5.10 Å². The van der Waals surface area contributed by atoms with Crippen LogP contribution in [0.5, 0.6) is 0 Å². The van der Waals surface area contributed by atoms with E-state index in [0.29, 0.717) is 25.2 Å². The summed E-state index contributed by atoms with van der Waals surface area (Å²) in [6, 6.07) is 7.66. The van der Waals surface area contributed by atoms with Crippen LogP contribution in [0, 0.1) is 0 Å². The highest BCUT2D eigenvalue weighted by Crippen LogP contribution is 2.28. The predicted molar refractivity (Wildman–Crippen MR) is 89.7 cm³/mol. The van der Waals surface area contributed by atoms with Crippen molar-refractivity contribution in [2.75, 3.05) is 6.54 Å². The first-order chi connectivity index (χ1) is 11.4. The van der Waals surface area contributed by atoms with Gasteiger partial charge in [-0.25, -0.2) is 4.98 Å². The highest BCUT2D eigenvalue weighted by atomic mass is 16.4. The highest BCUT2D eigenvalue weighted by molar-refractivity contribution is 6.04. The van der Waals surface area contributed by atoms with E-state index >= 15 is 0 Å². The number of nitrogens with one attached hydrogen (secondary N) is 1. The molecule has 2 aromatic heterocycles. The van der Waals surface area contributed by atoms with Crippen molar-refractivity contribution in [2.24, 2.45) is 0 Å². The summed E-state index contributed by atoms with van der Waals surface area (Å²) in [5.41, 5.74) is 2.06. The third-order valence-electron chi connectivity index (χ3n) is 4.33. The van der Waals surface area contributed by atoms with Crippen LogP contribution in [0.15, 0.2) is 28.7 Å². The Balaban J connectivity index is 1.62. The van der Waals surface area contributed by atoms with Crippen LogP contribution in [-0.2, 0) is 18.4 Å². The summed E-state index contributed by atoms with van der Waals surface area (Å²) in [5, 5.41) is 7.98. The van der Waals surface area contributed by atoms with E-state index in [1.54, 1.807) is 4.90 Å². The molecule has 124 valence electrons. The topological polar surface area (TPSA) is 75.0 Å². The van der Waals surface area contributed by atoms with Crippen molar-refractivity contribution >= 4 is 16.8 Å². The number of rotatable bonds is 1. The minimum Gasteiger partial charge on any atom is -0.445 e. The van der Waals surface area contributed by atoms with Crippen molar-refractivity contribution in [3.05, 3.63) is 47.3 Å². The molecule has 6 nitrogen and oxygen atoms in total. The molecule has 1 N–H and O–H groups in total. The van der Waals surface area contributed by atoms with Gasteiger partial charge in [-0.1, -0.05) is 39.0 Å². The summed E-state index contributed by atoms with van der Waals surface area (Å²) in [5.74, 6) is 1.56. The van der Waals surface area contributed by atoms with Gasteiger partial charge >= 0.3 is 0 Å². The first kappa shape index (κ1) is 14.9. The zero-order valence-corrected chi connectivity index (χ0v) is 14.1. The van der Waals surface area contributed by atoms with E-state index in [2.05, 4.69) is 36.0 Å². The monoisotopic (exact) mass is 324 g/mol. The van der Waals surface area contributed by atoms with Crippen LogP contribution < -0.4 is 0 Å². The van der Waals surface area contributed by atoms with Gasteiger partial charge in [0.1, 0.15) is 11.5 Å². The first-order valence-corrected chi connectivity index (χ1v) is 8.15. The molecule has 1 aromatic carbocycles. The smallest absolute Gasteiger partial charge is 0.275 e. The minimum absolute atomic E-state index is 0.0709. The summed E-state index contributed by atoms with van der Waals surface area (Å²) in [6.45, 7) is 7.30. The van der Waals surface area contributed by atoms with Gasteiger partial charge in [0.2, 0.25) is 0 Å². The molecule has 1 aliphatic rings. The summed E-state index contributed by atoms with van der Waals surface area (Å²) in [7, 11) is 0. The molecule has 24 heavy (non-hydrogen) atoms. The number of fused-ring (bicyclic) bond motifs is 2. The second-order valence-corrected chi connectivity index (χ2v) is 7.23. The number of nitrogens with zero attached hydrogens (tertiary/aromatic N) is 3. The standard InChI is InChI=1S/C18H20N4O2/c1-18(2,3)17-19-13-10-22(9-8-14(13)24-17)16(23)15-11-6-4-5-7-12(11)20-21-15/h4-7H,8-10H2,1-3H3,(H,20,21). The van der Waals surface area contributed by atoms with Gasteiger partial charge in [-0.15, -0.1) is 0 Å². The molecule has 4 rings (SSSR count). The van der Waals surface area contributed by atoms with Crippen LogP contribution in [0.25, 0.3) is 10.9 Å². The fourth-order valence-electron chi connectivity index (χ4n) is 2.97. The van der Waals surface area contributed by atoms with E-state index in [1.165, 1.54) is 0 Å². The van der Waals surface area contributed by atoms with E-state index in [0.717, 1.165) is 28.2 Å². The van der Waals surface area contributed by atoms with Gasteiger partial charge in [-0.3, -0.25) is 9.89 Å². The lowest BCUT2D eigenvalue weighted by Gasteiger charge is -2.24. The van der Waals surface area contributed by atoms with Crippen LogP contribution >= 0.6 is 0 Å². The van der Waals surface area contributed by atoms with E-state index in [9.17, 15) is 4.79 Å². The molecule has 0 radical (unpaired) electrons. The second-order valence-electron chi connectivity index (χ2n) is 7.23. The number of aromatic amines is 1. The Morgan fingerprint density at radius 2 is 2.08 bits per heavy atom. The molecular weight excluding hydrogens is 304 g/mol. The van der Waals surface area contributed by atoms with Crippen molar-refractivity contribution in [1.82, 2.24) is 20.1 Å². The Kier molecular flexibility index (Phi) is 3.23. The maximum absolute atomic E-state index is 12.9. The lowest BCUT2D eigenvalue weighted by molar-refractivity contribution is 0.0723. The maximum atomic E-state index is 12.9. The normalized spacial score (nSPS) is 14.9. The van der Waals surface area contributed by atoms with Crippen LogP contribution in [0.1, 0.15) is 48.6 Å². The molecule has 0 unspecified atom stereocenters. The largest absolute Gasteiger partial charge is 0.445 e. The molecule has 0 saturated carbocycles. The highest BCUT2D eigenvalue weighted by Gasteiger charge is 2.30. The fraction of sp³-hybridized carbons (Fsp3) is 0.389. The van der Waals surface area contributed by atoms with Crippen molar-refractivity contribution in [1.29, 1.82) is 0 Å². The summed E-state index contributed by atoms with van der Waals surface area (Å²) >= 11 is 0. The molecule has 0 atom stereocenters. The number of carbonyl (C=O) groups is 1. The number of H-pyrrole nitrogens is 1. The molecular formula is C18H20N4O2. The number of benzene rings is 1. The summed E-state index contributed by atoms with van der Waals surface area (Å²) < 4.78 is 5.89. The number of carbonyl (C=O) groups excluding carboxylic acids is 1. The van der Waals surface area contributed by atoms with Crippen molar-refractivity contribution < 1.29 is 9.21 Å². The van der Waals surface area contributed by atoms with Gasteiger partial charge in [-0.05, 0) is 6.07 Å². The van der Waals surface area contributed by atoms with E-state index < -0.39 is 0 Å². The Morgan fingerprint density at radius 3 is 2.88 bits per heavy atom. The van der Waals surface area contributed by atoms with Gasteiger partial charge in [0.25, 0.3) is 5.91 Å². The van der Waals surface area contributed by atoms with Crippen LogP contribution in [0.3, 0.4) is 0 Å². The van der Waals surface area contributed by atoms with Crippen molar-refractivity contribution in [2.45, 2.75) is 39.2 Å². The van der Waals surface area contributed by atoms with Gasteiger partial charge in [0.05, 0.1) is 12.1 Å². The van der Waals surface area contributed by atoms with Gasteiger partial charge in [0, 0.05) is 23.8 Å². The van der Waals surface area contributed by atoms with E-state index in [1.807, 2.05) is 24.3 Å². The number of hydrogen-bond donors (Lipinski definition) is 1. The van der Waals surface area contributed by atoms with E-state index in [4.69, 9.17) is 4.42 Å². The Hall–Kier alpha value is -2.63. The average molecular weight is 324 g/mol. The number of hydrogen-bond acceptors (Lipinski definition) is 4. The summed E-state index contributed by atoms with van der Waals surface area (Å²) in [6.07, 6.45) is 0.687. The Labute approximate surface area is 139 Å². The average Bonchev–Trinajstić information content (AvgIpc) is 3.17. The fourth-order valence-corrected chi connectivity index (χ4v) is 2.97. The zero-order chi connectivity index (χ0) is 16.9. The molecule has 6 heteroatoms. The van der Waals surface area contributed by atoms with E-state index in [-0.39, 0.29) is 11.3 Å². The molecule has 0 aliphatic carbocycles. The van der Waals surface area contributed by atoms with Crippen molar-refractivity contribution in [3.8, 4) is 0 Å². The predicted octanol–water partition coefficient (Wildman–Crippen LogP) is 3.05. The van der Waals surface area contributed by atoms with Gasteiger partial charge < -0.3 is 9.32 Å². The number of para-hydroxylation sites is 1. The number of oxazole rings is 1. The zero-order valence-electron chi connectivity index (χ0n) is 14.1. The molecule has 1 aliphatic heterocycles. The Bertz CT molecular complexity index is 917. The first-order valence-electron chi connectivity index (χ1n) is 8.15. The SMILES string of the molecule is CC(C)(C)c1nc2c(o1)CCN(C(=O)c1n[nH]c3ccccc13)C2. The number of amides is 1. The lowest BCUT2D eigenvalue weighted by Crippen LogP contribution is -2.36. The quantitative estimate of drug-likeness (QED) is 0.746. The Morgan fingerprint density at radius 1 is 1.29 bits per heavy atom. The van der Waals surface area contributed by atoms with Crippen LogP contribution in [-0.4, -0.2) is 32.5 Å². The van der Waals surface area contributed by atoms with Crippen molar-refractivity contribution in [3.63, 3.8) is 0 Å². The lowest BCUT2D eigenvalue weighted by atomic mass is 9.97. The second kappa shape index (κ2) is 5.19. The van der Waals surface area contributed by atoms with Crippen LogP contribution in [0.2, 0.25) is 0 Å². The molecule has 0 saturated heterocycles. The molecule has 0 fully saturated rings. The number of aromatic nitrogens is 3. The van der Waals surface area contributed by atoms with Gasteiger partial charge in [0.15, 0.2) is 11.6 Å². The third-order valence-corrected chi connectivity index (χ3v) is 4.33. The minimum atomic E-state index is -0.134. The van der Waals surface area contributed by atoms with Crippen LogP contribution in [0.4, 0.5) is 0 Å². The molecule has 3 aromatic rings.